The highest BCUT2D eigenvalue weighted by atomic mass is 35.5. The van der Waals surface area contributed by atoms with Crippen LogP contribution in [0.5, 0.6) is 0 Å². The molecule has 0 spiro atoms. The van der Waals surface area contributed by atoms with Crippen LogP contribution in [0.2, 0.25) is 15.1 Å². The Balaban J connectivity index is 2.80. The van der Waals surface area contributed by atoms with Crippen molar-refractivity contribution in [2.75, 3.05) is 17.2 Å². The van der Waals surface area contributed by atoms with Crippen molar-refractivity contribution in [3.05, 3.63) is 27.5 Å². The zero-order chi connectivity index (χ0) is 13.4. The maximum atomic E-state index is 6.11. The largest absolute Gasteiger partial charge is 0.396 e. The molecule has 0 aliphatic carbocycles. The summed E-state index contributed by atoms with van der Waals surface area (Å²) in [7, 11) is 0. The summed E-state index contributed by atoms with van der Waals surface area (Å²) in [5.41, 5.74) is 18.2. The highest BCUT2D eigenvalue weighted by Crippen LogP contribution is 2.43. The van der Waals surface area contributed by atoms with Crippen molar-refractivity contribution in [2.45, 2.75) is 0 Å². The Bertz CT molecular complexity index is 609. The predicted molar refractivity (Wildman–Crippen MR) is 75.7 cm³/mol. The summed E-state index contributed by atoms with van der Waals surface area (Å²) >= 11 is 18.0. The molecule has 94 valence electrons. The lowest BCUT2D eigenvalue weighted by molar-refractivity contribution is 1.19. The van der Waals surface area contributed by atoms with E-state index in [1.54, 1.807) is 0 Å². The molecule has 0 radical (unpaired) electrons. The van der Waals surface area contributed by atoms with Crippen LogP contribution in [-0.2, 0) is 0 Å². The number of halogens is 3. The minimum atomic E-state index is 0.141. The monoisotopic (exact) mass is 303 g/mol. The van der Waals surface area contributed by atoms with E-state index in [0.29, 0.717) is 11.1 Å². The number of hydrogen-bond donors (Lipinski definition) is 3. The van der Waals surface area contributed by atoms with Crippen LogP contribution in [-0.4, -0.2) is 9.97 Å². The zero-order valence-electron chi connectivity index (χ0n) is 8.92. The molecule has 0 fully saturated rings. The fourth-order valence-electron chi connectivity index (χ4n) is 1.48. The third-order valence-corrected chi connectivity index (χ3v) is 3.56. The smallest absolute Gasteiger partial charge is 0.136 e. The summed E-state index contributed by atoms with van der Waals surface area (Å²) in [6.07, 6.45) is 1.25. The Hall–Kier alpha value is -1.43. The second-order valence-electron chi connectivity index (χ2n) is 3.47. The predicted octanol–water partition coefficient (Wildman–Crippen LogP) is 2.85. The van der Waals surface area contributed by atoms with Crippen LogP contribution in [0.3, 0.4) is 0 Å². The quantitative estimate of drug-likeness (QED) is 0.555. The number of aromatic nitrogens is 2. The Morgan fingerprint density at radius 1 is 0.889 bits per heavy atom. The summed E-state index contributed by atoms with van der Waals surface area (Å²) in [5.74, 6) is 0.364. The number of anilines is 3. The Morgan fingerprint density at radius 2 is 1.44 bits per heavy atom. The average Bonchev–Trinajstić information content (AvgIpc) is 2.32. The van der Waals surface area contributed by atoms with Crippen LogP contribution in [0.25, 0.3) is 11.1 Å². The summed E-state index contributed by atoms with van der Waals surface area (Å²) in [5, 5.41) is 0.593. The lowest BCUT2D eigenvalue weighted by Gasteiger charge is -2.12. The van der Waals surface area contributed by atoms with Gasteiger partial charge in [0.1, 0.15) is 18.0 Å². The van der Waals surface area contributed by atoms with Crippen molar-refractivity contribution in [3.63, 3.8) is 0 Å². The first-order valence-electron chi connectivity index (χ1n) is 4.72. The molecule has 0 saturated heterocycles. The zero-order valence-corrected chi connectivity index (χ0v) is 11.2. The van der Waals surface area contributed by atoms with Gasteiger partial charge in [-0.25, -0.2) is 9.97 Å². The maximum absolute atomic E-state index is 6.11. The van der Waals surface area contributed by atoms with E-state index in [1.807, 2.05) is 0 Å². The third-order valence-electron chi connectivity index (χ3n) is 2.37. The van der Waals surface area contributed by atoms with Crippen LogP contribution >= 0.6 is 34.8 Å². The van der Waals surface area contributed by atoms with Crippen LogP contribution in [0, 0.1) is 0 Å². The summed E-state index contributed by atoms with van der Waals surface area (Å²) in [6.45, 7) is 0. The molecule has 6 N–H and O–H groups in total. The summed E-state index contributed by atoms with van der Waals surface area (Å²) < 4.78 is 0. The van der Waals surface area contributed by atoms with E-state index < -0.39 is 0 Å². The van der Waals surface area contributed by atoms with Crippen molar-refractivity contribution in [1.29, 1.82) is 0 Å². The minimum Gasteiger partial charge on any atom is -0.396 e. The number of nitrogens with two attached hydrogens (primary N) is 3. The van der Waals surface area contributed by atoms with Gasteiger partial charge in [0.05, 0.1) is 26.3 Å². The van der Waals surface area contributed by atoms with Gasteiger partial charge in [0.15, 0.2) is 0 Å². The van der Waals surface area contributed by atoms with Crippen molar-refractivity contribution < 1.29 is 0 Å². The molecule has 0 atom stereocenters. The molecular formula is C10H8Cl3N5. The van der Waals surface area contributed by atoms with Gasteiger partial charge in [0.2, 0.25) is 0 Å². The molecular weight excluding hydrogens is 297 g/mol. The molecule has 0 saturated carbocycles. The van der Waals surface area contributed by atoms with Crippen LogP contribution in [0.1, 0.15) is 0 Å². The fourth-order valence-corrected chi connectivity index (χ4v) is 2.19. The van der Waals surface area contributed by atoms with Crippen LogP contribution in [0.15, 0.2) is 12.4 Å². The van der Waals surface area contributed by atoms with Gasteiger partial charge in [-0.05, 0) is 6.07 Å². The fraction of sp³-hybridized carbons (Fsp3) is 0. The molecule has 1 heterocycles. The average molecular weight is 305 g/mol. The number of nitrogen functional groups attached to an aromatic ring is 3. The number of nitrogens with zero attached hydrogens (tertiary/aromatic N) is 2. The second kappa shape index (κ2) is 4.68. The molecule has 0 unspecified atom stereocenters. The van der Waals surface area contributed by atoms with E-state index >= 15 is 0 Å². The van der Waals surface area contributed by atoms with E-state index in [2.05, 4.69) is 9.97 Å². The third kappa shape index (κ3) is 2.01. The van der Waals surface area contributed by atoms with Crippen molar-refractivity contribution in [1.82, 2.24) is 9.97 Å². The molecule has 5 nitrogen and oxygen atoms in total. The molecule has 18 heavy (non-hydrogen) atoms. The molecule has 0 bridgehead atoms. The molecule has 1 aromatic carbocycles. The number of benzene rings is 1. The van der Waals surface area contributed by atoms with Gasteiger partial charge in [-0.1, -0.05) is 34.8 Å². The highest BCUT2D eigenvalue weighted by Gasteiger charge is 2.18. The van der Waals surface area contributed by atoms with Crippen molar-refractivity contribution >= 4 is 52.1 Å². The minimum absolute atomic E-state index is 0.141. The molecule has 0 amide bonds. The lowest BCUT2D eigenvalue weighted by Crippen LogP contribution is -2.02. The first-order chi connectivity index (χ1) is 8.43. The number of hydrogen-bond acceptors (Lipinski definition) is 5. The van der Waals surface area contributed by atoms with Crippen molar-refractivity contribution in [2.24, 2.45) is 0 Å². The van der Waals surface area contributed by atoms with Crippen molar-refractivity contribution in [3.8, 4) is 11.1 Å². The Kier molecular flexibility index (Phi) is 3.38. The molecule has 0 aliphatic heterocycles. The van der Waals surface area contributed by atoms with Crippen LogP contribution in [0.4, 0.5) is 17.3 Å². The summed E-state index contributed by atoms with van der Waals surface area (Å²) in [4.78, 5) is 7.70. The van der Waals surface area contributed by atoms with Gasteiger partial charge in [0, 0.05) is 5.56 Å². The molecule has 8 heteroatoms. The first kappa shape index (κ1) is 13.0. The van der Waals surface area contributed by atoms with Gasteiger partial charge < -0.3 is 17.2 Å². The van der Waals surface area contributed by atoms with E-state index in [0.717, 1.165) is 0 Å². The summed E-state index contributed by atoms with van der Waals surface area (Å²) in [6, 6.07) is 1.52. The first-order valence-corrected chi connectivity index (χ1v) is 5.86. The van der Waals surface area contributed by atoms with Gasteiger partial charge in [-0.2, -0.15) is 0 Å². The Labute approximate surface area is 118 Å². The van der Waals surface area contributed by atoms with Gasteiger partial charge in [-0.3, -0.25) is 0 Å². The second-order valence-corrected chi connectivity index (χ2v) is 4.63. The standard InChI is InChI=1S/C10H8Cl3N5/c11-4-1-3(6(12)7(13)8(4)14)5-9(15)17-2-18-10(5)16/h1-2H,14H2,(H4,15,16,17,18). The maximum Gasteiger partial charge on any atom is 0.136 e. The molecule has 2 aromatic rings. The topological polar surface area (TPSA) is 104 Å². The number of rotatable bonds is 1. The van der Waals surface area contributed by atoms with Gasteiger partial charge in [-0.15, -0.1) is 0 Å². The van der Waals surface area contributed by atoms with E-state index in [9.17, 15) is 0 Å². The van der Waals surface area contributed by atoms with E-state index in [1.165, 1.54) is 12.4 Å². The van der Waals surface area contributed by atoms with Gasteiger partial charge >= 0.3 is 0 Å². The van der Waals surface area contributed by atoms with E-state index in [4.69, 9.17) is 52.0 Å². The molecule has 2 rings (SSSR count). The highest BCUT2D eigenvalue weighted by molar-refractivity contribution is 6.47. The van der Waals surface area contributed by atoms with E-state index in [-0.39, 0.29) is 32.4 Å². The van der Waals surface area contributed by atoms with Crippen LogP contribution < -0.4 is 17.2 Å². The Morgan fingerprint density at radius 3 is 2.00 bits per heavy atom. The molecule has 0 aliphatic rings. The SMILES string of the molecule is Nc1ncnc(N)c1-c1cc(Cl)c(N)c(Cl)c1Cl. The van der Waals surface area contributed by atoms with Gasteiger partial charge in [0.25, 0.3) is 0 Å². The molecule has 1 aromatic heterocycles. The lowest BCUT2D eigenvalue weighted by atomic mass is 10.1. The normalized spacial score (nSPS) is 10.6.